The number of pyridine rings is 1. The molecule has 0 aliphatic carbocycles. The first-order chi connectivity index (χ1) is 10.4. The lowest BCUT2D eigenvalue weighted by molar-refractivity contribution is -0.143. The number of ether oxygens (including phenoxy) is 1. The fourth-order valence-corrected chi connectivity index (χ4v) is 2.21. The van der Waals surface area contributed by atoms with Crippen LogP contribution in [0.5, 0.6) is 0 Å². The number of hydrogen-bond donors (Lipinski definition) is 2. The number of amides is 1. The zero-order valence-corrected chi connectivity index (χ0v) is 13.1. The van der Waals surface area contributed by atoms with Crippen molar-refractivity contribution in [2.45, 2.75) is 33.2 Å². The van der Waals surface area contributed by atoms with Crippen molar-refractivity contribution in [2.24, 2.45) is 5.92 Å². The highest BCUT2D eigenvalue weighted by Gasteiger charge is 2.23. The van der Waals surface area contributed by atoms with Crippen LogP contribution in [0, 0.1) is 12.8 Å². The number of aromatic nitrogens is 3. The number of rotatable bonds is 5. The number of aromatic amines is 1. The van der Waals surface area contributed by atoms with Crippen molar-refractivity contribution in [1.29, 1.82) is 0 Å². The molecular weight excluding hydrogens is 284 g/mol. The average molecular weight is 304 g/mol. The van der Waals surface area contributed by atoms with E-state index in [1.807, 2.05) is 20.8 Å². The molecule has 0 unspecified atom stereocenters. The maximum Gasteiger partial charge on any atom is 0.328 e. The summed E-state index contributed by atoms with van der Waals surface area (Å²) in [6.07, 6.45) is 1.96. The number of nitrogens with one attached hydrogen (secondary N) is 2. The van der Waals surface area contributed by atoms with Crippen LogP contribution in [0.25, 0.3) is 11.0 Å². The molecule has 2 heterocycles. The summed E-state index contributed by atoms with van der Waals surface area (Å²) in [4.78, 5) is 28.3. The van der Waals surface area contributed by atoms with Gasteiger partial charge in [-0.2, -0.15) is 5.10 Å². The lowest BCUT2D eigenvalue weighted by Crippen LogP contribution is -2.42. The number of hydrogen-bond acceptors (Lipinski definition) is 5. The molecule has 7 nitrogen and oxygen atoms in total. The molecular formula is C15H20N4O3. The summed E-state index contributed by atoms with van der Waals surface area (Å²) in [5.41, 5.74) is 1.78. The largest absolute Gasteiger partial charge is 0.467 e. The van der Waals surface area contributed by atoms with Gasteiger partial charge in [0.15, 0.2) is 5.65 Å². The highest BCUT2D eigenvalue weighted by molar-refractivity contribution is 5.99. The van der Waals surface area contributed by atoms with Crippen LogP contribution < -0.4 is 5.32 Å². The second-order valence-electron chi connectivity index (χ2n) is 5.62. The quantitative estimate of drug-likeness (QED) is 0.817. The predicted octanol–water partition coefficient (Wildman–Crippen LogP) is 1.58. The van der Waals surface area contributed by atoms with E-state index in [0.29, 0.717) is 17.6 Å². The van der Waals surface area contributed by atoms with E-state index in [1.54, 1.807) is 6.07 Å². The van der Waals surface area contributed by atoms with Crippen molar-refractivity contribution >= 4 is 22.9 Å². The Morgan fingerprint density at radius 3 is 2.77 bits per heavy atom. The summed E-state index contributed by atoms with van der Waals surface area (Å²) >= 11 is 0. The SMILES string of the molecule is COC(=O)[C@@H](CC(C)C)NC(=O)c1cnc2n[nH]c(C)c2c1. The molecule has 118 valence electrons. The summed E-state index contributed by atoms with van der Waals surface area (Å²) in [6, 6.07) is 1.04. The molecule has 0 aromatic carbocycles. The number of fused-ring (bicyclic) bond motifs is 1. The van der Waals surface area contributed by atoms with Gasteiger partial charge in [-0.15, -0.1) is 0 Å². The van der Waals surface area contributed by atoms with Gasteiger partial charge in [-0.25, -0.2) is 9.78 Å². The highest BCUT2D eigenvalue weighted by atomic mass is 16.5. The van der Waals surface area contributed by atoms with Gasteiger partial charge in [0.1, 0.15) is 6.04 Å². The third kappa shape index (κ3) is 3.41. The molecule has 2 N–H and O–H groups in total. The topological polar surface area (TPSA) is 97.0 Å². The Morgan fingerprint density at radius 2 is 2.14 bits per heavy atom. The van der Waals surface area contributed by atoms with E-state index >= 15 is 0 Å². The maximum atomic E-state index is 12.3. The Hall–Kier alpha value is -2.44. The Labute approximate surface area is 128 Å². The summed E-state index contributed by atoms with van der Waals surface area (Å²) in [7, 11) is 1.31. The van der Waals surface area contributed by atoms with E-state index in [4.69, 9.17) is 4.74 Å². The van der Waals surface area contributed by atoms with Gasteiger partial charge in [0.05, 0.1) is 12.7 Å². The minimum Gasteiger partial charge on any atom is -0.467 e. The normalized spacial score (nSPS) is 12.4. The zero-order chi connectivity index (χ0) is 16.3. The first-order valence-corrected chi connectivity index (χ1v) is 7.11. The molecule has 0 saturated heterocycles. The molecule has 2 aromatic rings. The van der Waals surface area contributed by atoms with Crippen LogP contribution in [0.15, 0.2) is 12.3 Å². The fourth-order valence-electron chi connectivity index (χ4n) is 2.21. The molecule has 1 amide bonds. The molecule has 7 heteroatoms. The molecule has 0 radical (unpaired) electrons. The van der Waals surface area contributed by atoms with Crippen LogP contribution in [0.1, 0.15) is 36.3 Å². The van der Waals surface area contributed by atoms with Crippen LogP contribution in [0.4, 0.5) is 0 Å². The first-order valence-electron chi connectivity index (χ1n) is 7.11. The van der Waals surface area contributed by atoms with Gasteiger partial charge in [0, 0.05) is 17.3 Å². The van der Waals surface area contributed by atoms with E-state index in [9.17, 15) is 9.59 Å². The molecule has 2 aromatic heterocycles. The minimum absolute atomic E-state index is 0.251. The van der Waals surface area contributed by atoms with Crippen LogP contribution in [-0.2, 0) is 9.53 Å². The number of H-pyrrole nitrogens is 1. The number of methoxy groups -OCH3 is 1. The standard InChI is InChI=1S/C15H20N4O3/c1-8(2)5-12(15(21)22-4)17-14(20)10-6-11-9(3)18-19-13(11)16-7-10/h6-8,12H,5H2,1-4H3,(H,17,20)(H,16,18,19)/t12-/m1/s1. The maximum absolute atomic E-state index is 12.3. The van der Waals surface area contributed by atoms with Crippen molar-refractivity contribution in [1.82, 2.24) is 20.5 Å². The van der Waals surface area contributed by atoms with E-state index in [-0.39, 0.29) is 11.8 Å². The van der Waals surface area contributed by atoms with Gasteiger partial charge in [-0.05, 0) is 25.3 Å². The second kappa shape index (κ2) is 6.55. The van der Waals surface area contributed by atoms with Crippen LogP contribution in [0.3, 0.4) is 0 Å². The summed E-state index contributed by atoms with van der Waals surface area (Å²) < 4.78 is 4.74. The number of esters is 1. The smallest absolute Gasteiger partial charge is 0.328 e. The van der Waals surface area contributed by atoms with E-state index < -0.39 is 12.0 Å². The van der Waals surface area contributed by atoms with Gasteiger partial charge < -0.3 is 10.1 Å². The van der Waals surface area contributed by atoms with E-state index in [0.717, 1.165) is 11.1 Å². The van der Waals surface area contributed by atoms with Crippen LogP contribution >= 0.6 is 0 Å². The van der Waals surface area contributed by atoms with Crippen LogP contribution in [0.2, 0.25) is 0 Å². The number of carbonyl (C=O) groups excluding carboxylic acids is 2. The van der Waals surface area contributed by atoms with Crippen molar-refractivity contribution in [3.05, 3.63) is 23.5 Å². The molecule has 1 atom stereocenters. The molecule has 2 rings (SSSR count). The second-order valence-corrected chi connectivity index (χ2v) is 5.62. The summed E-state index contributed by atoms with van der Waals surface area (Å²) in [5.74, 6) is -0.553. The summed E-state index contributed by atoms with van der Waals surface area (Å²) in [6.45, 7) is 5.81. The zero-order valence-electron chi connectivity index (χ0n) is 13.1. The van der Waals surface area contributed by atoms with Crippen molar-refractivity contribution in [3.63, 3.8) is 0 Å². The highest BCUT2D eigenvalue weighted by Crippen LogP contribution is 2.15. The van der Waals surface area contributed by atoms with Gasteiger partial charge in [-0.1, -0.05) is 13.8 Å². The average Bonchev–Trinajstić information content (AvgIpc) is 2.86. The monoisotopic (exact) mass is 304 g/mol. The Morgan fingerprint density at radius 1 is 1.41 bits per heavy atom. The van der Waals surface area contributed by atoms with E-state index in [2.05, 4.69) is 20.5 Å². The van der Waals surface area contributed by atoms with Gasteiger partial charge in [0.25, 0.3) is 5.91 Å². The lowest BCUT2D eigenvalue weighted by Gasteiger charge is -2.18. The first kappa shape index (κ1) is 15.9. The van der Waals surface area contributed by atoms with Crippen molar-refractivity contribution in [2.75, 3.05) is 7.11 Å². The molecule has 0 aliphatic rings. The molecule has 22 heavy (non-hydrogen) atoms. The fraction of sp³-hybridized carbons (Fsp3) is 0.467. The van der Waals surface area contributed by atoms with Gasteiger partial charge in [0.2, 0.25) is 0 Å². The third-order valence-electron chi connectivity index (χ3n) is 3.36. The number of aryl methyl sites for hydroxylation is 1. The minimum atomic E-state index is -0.668. The van der Waals surface area contributed by atoms with Crippen molar-refractivity contribution < 1.29 is 14.3 Å². The molecule has 0 spiro atoms. The molecule has 0 saturated carbocycles. The van der Waals surface area contributed by atoms with Gasteiger partial charge in [-0.3, -0.25) is 9.89 Å². The molecule has 0 fully saturated rings. The van der Waals surface area contributed by atoms with Crippen LogP contribution in [-0.4, -0.2) is 40.2 Å². The summed E-state index contributed by atoms with van der Waals surface area (Å²) in [5, 5.41) is 10.3. The Bertz CT molecular complexity index is 693. The Kier molecular flexibility index (Phi) is 4.75. The number of nitrogens with zero attached hydrogens (tertiary/aromatic N) is 2. The third-order valence-corrected chi connectivity index (χ3v) is 3.36. The van der Waals surface area contributed by atoms with Gasteiger partial charge >= 0.3 is 5.97 Å². The lowest BCUT2D eigenvalue weighted by atomic mass is 10.0. The molecule has 0 aliphatic heterocycles. The molecule has 0 bridgehead atoms. The number of carbonyl (C=O) groups is 2. The van der Waals surface area contributed by atoms with E-state index in [1.165, 1.54) is 13.3 Å². The van der Waals surface area contributed by atoms with Crippen molar-refractivity contribution in [3.8, 4) is 0 Å². The Balaban J connectivity index is 2.20. The predicted molar refractivity (Wildman–Crippen MR) is 81.4 cm³/mol.